The third-order valence-corrected chi connectivity index (χ3v) is 3.45. The summed E-state index contributed by atoms with van der Waals surface area (Å²) in [6.45, 7) is 0. The summed E-state index contributed by atoms with van der Waals surface area (Å²) >= 11 is 0. The lowest BCUT2D eigenvalue weighted by Crippen LogP contribution is -2.11. The van der Waals surface area contributed by atoms with E-state index in [0.29, 0.717) is 12.8 Å². The first-order chi connectivity index (χ1) is 10.7. The number of unbranched alkanes of at least 4 members (excludes halogenated alkanes) is 3. The Morgan fingerprint density at radius 1 is 1.00 bits per heavy atom. The van der Waals surface area contributed by atoms with E-state index in [9.17, 15) is 9.59 Å². The number of nitrogens with one attached hydrogen (secondary N) is 1. The van der Waals surface area contributed by atoms with Crippen LogP contribution in [0.15, 0.2) is 36.5 Å². The van der Waals surface area contributed by atoms with Crippen molar-refractivity contribution in [1.82, 2.24) is 4.98 Å². The maximum Gasteiger partial charge on any atom is 0.303 e. The molecule has 0 saturated carbocycles. The molecule has 0 radical (unpaired) electrons. The molecule has 1 aromatic heterocycles. The molecule has 2 aromatic rings. The highest BCUT2D eigenvalue weighted by Crippen LogP contribution is 2.20. The van der Waals surface area contributed by atoms with Crippen molar-refractivity contribution in [2.45, 2.75) is 38.5 Å². The molecule has 1 amide bonds. The van der Waals surface area contributed by atoms with E-state index in [4.69, 9.17) is 5.11 Å². The van der Waals surface area contributed by atoms with E-state index in [1.807, 2.05) is 30.3 Å². The van der Waals surface area contributed by atoms with Gasteiger partial charge in [0.2, 0.25) is 5.91 Å². The second kappa shape index (κ2) is 8.12. The van der Waals surface area contributed by atoms with Gasteiger partial charge in [-0.15, -0.1) is 0 Å². The molecule has 116 valence electrons. The van der Waals surface area contributed by atoms with E-state index in [1.165, 1.54) is 0 Å². The van der Waals surface area contributed by atoms with Crippen LogP contribution in [-0.4, -0.2) is 22.0 Å². The number of carboxylic acid groups (broad SMARTS) is 1. The van der Waals surface area contributed by atoms with Gasteiger partial charge in [0.15, 0.2) is 0 Å². The number of fused-ring (bicyclic) bond motifs is 1. The van der Waals surface area contributed by atoms with Crippen LogP contribution in [-0.2, 0) is 9.59 Å². The molecule has 2 N–H and O–H groups in total. The molecule has 0 atom stereocenters. The molecule has 0 spiro atoms. The highest BCUT2D eigenvalue weighted by atomic mass is 16.4. The highest BCUT2D eigenvalue weighted by Gasteiger charge is 2.06. The zero-order valence-electron chi connectivity index (χ0n) is 12.4. The molecule has 2 rings (SSSR count). The highest BCUT2D eigenvalue weighted by molar-refractivity contribution is 6.00. The number of anilines is 1. The van der Waals surface area contributed by atoms with Crippen molar-refractivity contribution in [2.24, 2.45) is 0 Å². The Labute approximate surface area is 129 Å². The lowest BCUT2D eigenvalue weighted by atomic mass is 10.1. The average molecular weight is 300 g/mol. The van der Waals surface area contributed by atoms with E-state index in [0.717, 1.165) is 35.9 Å². The van der Waals surface area contributed by atoms with Crippen molar-refractivity contribution < 1.29 is 14.7 Å². The van der Waals surface area contributed by atoms with Crippen molar-refractivity contribution in [2.75, 3.05) is 5.32 Å². The number of hydrogen-bond acceptors (Lipinski definition) is 3. The summed E-state index contributed by atoms with van der Waals surface area (Å²) in [6, 6.07) is 9.53. The third kappa shape index (κ3) is 4.84. The Hall–Kier alpha value is -2.43. The SMILES string of the molecule is O=C(O)CCCCCCC(=O)Nc1cccc2cccnc12. The fraction of sp³-hybridized carbons (Fsp3) is 0.353. The molecule has 0 saturated heterocycles. The Morgan fingerprint density at radius 3 is 2.50 bits per heavy atom. The molecule has 0 fully saturated rings. The van der Waals surface area contributed by atoms with Gasteiger partial charge in [0.25, 0.3) is 0 Å². The number of carbonyl (C=O) groups is 2. The average Bonchev–Trinajstić information content (AvgIpc) is 2.51. The van der Waals surface area contributed by atoms with Crippen molar-refractivity contribution >= 4 is 28.5 Å². The van der Waals surface area contributed by atoms with E-state index in [2.05, 4.69) is 10.3 Å². The first kappa shape index (κ1) is 15.9. The quantitative estimate of drug-likeness (QED) is 0.730. The maximum absolute atomic E-state index is 12.0. The summed E-state index contributed by atoms with van der Waals surface area (Å²) in [5, 5.41) is 12.4. The van der Waals surface area contributed by atoms with Gasteiger partial charge in [-0.2, -0.15) is 0 Å². The Bertz CT molecular complexity index is 650. The Kier molecular flexibility index (Phi) is 5.89. The number of amides is 1. The molecular formula is C17H20N2O3. The summed E-state index contributed by atoms with van der Waals surface area (Å²) < 4.78 is 0. The minimum atomic E-state index is -0.763. The van der Waals surface area contributed by atoms with Gasteiger partial charge in [-0.3, -0.25) is 14.6 Å². The van der Waals surface area contributed by atoms with Crippen LogP contribution in [0.2, 0.25) is 0 Å². The molecule has 5 heteroatoms. The molecule has 1 aromatic carbocycles. The fourth-order valence-electron chi connectivity index (χ4n) is 2.33. The molecular weight excluding hydrogens is 280 g/mol. The fourth-order valence-corrected chi connectivity index (χ4v) is 2.33. The van der Waals surface area contributed by atoms with Gasteiger partial charge in [0.1, 0.15) is 0 Å². The number of carboxylic acids is 1. The number of pyridine rings is 1. The molecule has 0 aliphatic carbocycles. The van der Waals surface area contributed by atoms with Crippen molar-refractivity contribution in [3.63, 3.8) is 0 Å². The zero-order chi connectivity index (χ0) is 15.8. The van der Waals surface area contributed by atoms with Crippen LogP contribution in [0.5, 0.6) is 0 Å². The second-order valence-electron chi connectivity index (χ2n) is 5.24. The number of rotatable bonds is 8. The van der Waals surface area contributed by atoms with E-state index in [1.54, 1.807) is 6.20 Å². The van der Waals surface area contributed by atoms with E-state index < -0.39 is 5.97 Å². The second-order valence-corrected chi connectivity index (χ2v) is 5.24. The number of carbonyl (C=O) groups excluding carboxylic acids is 1. The van der Waals surface area contributed by atoms with Gasteiger partial charge in [0, 0.05) is 24.4 Å². The summed E-state index contributed by atoms with van der Waals surface area (Å²) in [6.07, 6.45) is 5.50. The van der Waals surface area contributed by atoms with E-state index >= 15 is 0 Å². The van der Waals surface area contributed by atoms with Crippen molar-refractivity contribution in [3.8, 4) is 0 Å². The zero-order valence-corrected chi connectivity index (χ0v) is 12.4. The largest absolute Gasteiger partial charge is 0.481 e. The molecule has 0 aliphatic heterocycles. The number of aromatic nitrogens is 1. The van der Waals surface area contributed by atoms with Crippen LogP contribution in [0.25, 0.3) is 10.9 Å². The topological polar surface area (TPSA) is 79.3 Å². The summed E-state index contributed by atoms with van der Waals surface area (Å²) in [5.74, 6) is -0.794. The standard InChI is InChI=1S/C17H20N2O3/c20-15(10-3-1-2-4-11-16(21)22)19-14-9-5-7-13-8-6-12-18-17(13)14/h5-9,12H,1-4,10-11H2,(H,19,20)(H,21,22). The first-order valence-corrected chi connectivity index (χ1v) is 7.52. The van der Waals surface area contributed by atoms with Crippen molar-refractivity contribution in [1.29, 1.82) is 0 Å². The number of benzene rings is 1. The third-order valence-electron chi connectivity index (χ3n) is 3.45. The smallest absolute Gasteiger partial charge is 0.303 e. The lowest BCUT2D eigenvalue weighted by Gasteiger charge is -2.07. The summed E-state index contributed by atoms with van der Waals surface area (Å²) in [7, 11) is 0. The normalized spacial score (nSPS) is 10.5. The molecule has 0 bridgehead atoms. The molecule has 0 aliphatic rings. The number of nitrogens with zero attached hydrogens (tertiary/aromatic N) is 1. The van der Waals surface area contributed by atoms with Crippen LogP contribution < -0.4 is 5.32 Å². The minimum Gasteiger partial charge on any atom is -0.481 e. The molecule has 5 nitrogen and oxygen atoms in total. The van der Waals surface area contributed by atoms with Gasteiger partial charge in [-0.1, -0.05) is 31.0 Å². The minimum absolute atomic E-state index is 0.0311. The molecule has 0 unspecified atom stereocenters. The van der Waals surface area contributed by atoms with Gasteiger partial charge in [-0.05, 0) is 25.0 Å². The van der Waals surface area contributed by atoms with Crippen LogP contribution in [0.3, 0.4) is 0 Å². The van der Waals surface area contributed by atoms with Gasteiger partial charge in [0.05, 0.1) is 11.2 Å². The van der Waals surface area contributed by atoms with Gasteiger partial charge >= 0.3 is 5.97 Å². The number of para-hydroxylation sites is 1. The molecule has 1 heterocycles. The van der Waals surface area contributed by atoms with Gasteiger partial charge < -0.3 is 10.4 Å². The van der Waals surface area contributed by atoms with Crippen LogP contribution in [0.1, 0.15) is 38.5 Å². The monoisotopic (exact) mass is 300 g/mol. The van der Waals surface area contributed by atoms with Crippen LogP contribution in [0.4, 0.5) is 5.69 Å². The summed E-state index contributed by atoms with van der Waals surface area (Å²) in [4.78, 5) is 26.6. The predicted molar refractivity (Wildman–Crippen MR) is 85.7 cm³/mol. The Balaban J connectivity index is 1.78. The van der Waals surface area contributed by atoms with Crippen LogP contribution in [0, 0.1) is 0 Å². The predicted octanol–water partition coefficient (Wildman–Crippen LogP) is 3.60. The Morgan fingerprint density at radius 2 is 1.73 bits per heavy atom. The number of hydrogen-bond donors (Lipinski definition) is 2. The van der Waals surface area contributed by atoms with E-state index in [-0.39, 0.29) is 12.3 Å². The molecule has 22 heavy (non-hydrogen) atoms. The van der Waals surface area contributed by atoms with Crippen molar-refractivity contribution in [3.05, 3.63) is 36.5 Å². The summed E-state index contributed by atoms with van der Waals surface area (Å²) in [5.41, 5.74) is 1.52. The van der Waals surface area contributed by atoms with Gasteiger partial charge in [-0.25, -0.2) is 0 Å². The lowest BCUT2D eigenvalue weighted by molar-refractivity contribution is -0.137. The van der Waals surface area contributed by atoms with Crippen LogP contribution >= 0.6 is 0 Å². The first-order valence-electron chi connectivity index (χ1n) is 7.52. The number of aliphatic carboxylic acids is 1. The maximum atomic E-state index is 12.0.